The summed E-state index contributed by atoms with van der Waals surface area (Å²) in [6.07, 6.45) is 0. The fraction of sp³-hybridized carbons (Fsp3) is 0.118. The second-order valence-electron chi connectivity index (χ2n) is 5.42. The maximum absolute atomic E-state index is 6.03. The third-order valence-electron chi connectivity index (χ3n) is 3.48. The van der Waals surface area contributed by atoms with E-state index in [1.807, 2.05) is 38.1 Å². The quantitative estimate of drug-likeness (QED) is 0.573. The molecule has 0 bridgehead atoms. The Balaban J connectivity index is 1.87. The van der Waals surface area contributed by atoms with E-state index < -0.39 is 0 Å². The van der Waals surface area contributed by atoms with Gasteiger partial charge in [0.25, 0.3) is 0 Å². The second-order valence-corrected chi connectivity index (χ2v) is 6.63. The molecule has 0 aliphatic heterocycles. The van der Waals surface area contributed by atoms with Crippen molar-refractivity contribution >= 4 is 58.1 Å². The van der Waals surface area contributed by atoms with E-state index >= 15 is 0 Å². The van der Waals surface area contributed by atoms with Crippen molar-refractivity contribution in [3.05, 3.63) is 62.9 Å². The highest BCUT2D eigenvalue weighted by molar-refractivity contribution is 6.31. The van der Waals surface area contributed by atoms with E-state index in [0.29, 0.717) is 21.9 Å². The molecule has 2 N–H and O–H groups in total. The summed E-state index contributed by atoms with van der Waals surface area (Å²) in [5.41, 5.74) is 3.60. The van der Waals surface area contributed by atoms with Gasteiger partial charge in [0.2, 0.25) is 17.2 Å². The van der Waals surface area contributed by atoms with Crippen LogP contribution in [0.3, 0.4) is 0 Å². The highest BCUT2D eigenvalue weighted by atomic mass is 35.5. The van der Waals surface area contributed by atoms with Crippen molar-refractivity contribution in [2.45, 2.75) is 13.8 Å². The molecule has 0 fully saturated rings. The van der Waals surface area contributed by atoms with Gasteiger partial charge in [-0.1, -0.05) is 23.2 Å². The van der Waals surface area contributed by atoms with Crippen LogP contribution in [0.2, 0.25) is 15.3 Å². The minimum absolute atomic E-state index is 0.0817. The zero-order valence-electron chi connectivity index (χ0n) is 13.4. The van der Waals surface area contributed by atoms with Gasteiger partial charge >= 0.3 is 0 Å². The minimum atomic E-state index is 0.0817. The number of nitrogens with zero attached hydrogens (tertiary/aromatic N) is 3. The van der Waals surface area contributed by atoms with Gasteiger partial charge in [0.1, 0.15) is 0 Å². The molecule has 128 valence electrons. The van der Waals surface area contributed by atoms with Gasteiger partial charge in [-0.15, -0.1) is 0 Å². The molecule has 3 rings (SSSR count). The van der Waals surface area contributed by atoms with E-state index in [-0.39, 0.29) is 5.28 Å². The van der Waals surface area contributed by atoms with Gasteiger partial charge in [0.05, 0.1) is 0 Å². The van der Waals surface area contributed by atoms with Crippen molar-refractivity contribution in [1.29, 1.82) is 0 Å². The molecule has 8 heteroatoms. The molecule has 25 heavy (non-hydrogen) atoms. The Morgan fingerprint density at radius 2 is 1.12 bits per heavy atom. The SMILES string of the molecule is Cc1cc(Cl)ccc1Nc1nc(Cl)nc(Nc2ccc(Cl)cc2C)n1. The van der Waals surface area contributed by atoms with Crippen LogP contribution < -0.4 is 10.6 Å². The largest absolute Gasteiger partial charge is 0.324 e. The average Bonchev–Trinajstić information content (AvgIpc) is 2.52. The molecule has 0 atom stereocenters. The summed E-state index contributed by atoms with van der Waals surface area (Å²) >= 11 is 18.0. The highest BCUT2D eigenvalue weighted by Gasteiger charge is 2.09. The number of benzene rings is 2. The van der Waals surface area contributed by atoms with Crippen molar-refractivity contribution < 1.29 is 0 Å². The number of hydrogen-bond donors (Lipinski definition) is 2. The van der Waals surface area contributed by atoms with Gasteiger partial charge in [-0.25, -0.2) is 0 Å². The third-order valence-corrected chi connectivity index (χ3v) is 4.12. The number of nitrogens with one attached hydrogen (secondary N) is 2. The topological polar surface area (TPSA) is 62.7 Å². The van der Waals surface area contributed by atoms with Crippen LogP contribution in [-0.4, -0.2) is 15.0 Å². The Kier molecular flexibility index (Phi) is 5.27. The van der Waals surface area contributed by atoms with Gasteiger partial charge in [-0.2, -0.15) is 15.0 Å². The average molecular weight is 395 g/mol. The molecule has 0 saturated carbocycles. The lowest BCUT2D eigenvalue weighted by Gasteiger charge is -2.11. The summed E-state index contributed by atoms with van der Waals surface area (Å²) in [6, 6.07) is 11.0. The number of aryl methyl sites for hydroxylation is 2. The first kappa shape index (κ1) is 17.7. The van der Waals surface area contributed by atoms with Crippen LogP contribution in [0.5, 0.6) is 0 Å². The summed E-state index contributed by atoms with van der Waals surface area (Å²) in [6.45, 7) is 3.88. The molecule has 0 amide bonds. The lowest BCUT2D eigenvalue weighted by atomic mass is 10.2. The van der Waals surface area contributed by atoms with Crippen LogP contribution in [0.4, 0.5) is 23.3 Å². The number of rotatable bonds is 4. The molecule has 1 heterocycles. The summed E-state index contributed by atoms with van der Waals surface area (Å²) < 4.78 is 0. The number of anilines is 4. The Morgan fingerprint density at radius 3 is 1.52 bits per heavy atom. The third kappa shape index (κ3) is 4.51. The predicted octanol–water partition coefficient (Wildman–Crippen LogP) is 5.94. The molecular formula is C17H14Cl3N5. The molecule has 2 aromatic carbocycles. The molecule has 0 unspecified atom stereocenters. The molecule has 0 radical (unpaired) electrons. The van der Waals surface area contributed by atoms with Crippen LogP contribution in [0.15, 0.2) is 36.4 Å². The molecule has 0 spiro atoms. The number of hydrogen-bond acceptors (Lipinski definition) is 5. The van der Waals surface area contributed by atoms with Crippen LogP contribution in [0.1, 0.15) is 11.1 Å². The fourth-order valence-electron chi connectivity index (χ4n) is 2.24. The van der Waals surface area contributed by atoms with Crippen molar-refractivity contribution in [1.82, 2.24) is 15.0 Å². The standard InChI is InChI=1S/C17H14Cl3N5/c1-9-7-11(18)3-5-13(9)21-16-23-15(20)24-17(25-16)22-14-6-4-12(19)8-10(14)2/h3-8H,1-2H3,(H2,21,22,23,24,25). The van der Waals surface area contributed by atoms with E-state index in [4.69, 9.17) is 34.8 Å². The number of halogens is 3. The smallest absolute Gasteiger partial charge is 0.233 e. The first-order chi connectivity index (χ1) is 11.9. The van der Waals surface area contributed by atoms with Crippen LogP contribution in [0, 0.1) is 13.8 Å². The Hall–Kier alpha value is -2.08. The molecular weight excluding hydrogens is 381 g/mol. The van der Waals surface area contributed by atoms with Gasteiger partial charge in [0, 0.05) is 21.4 Å². The second kappa shape index (κ2) is 7.44. The van der Waals surface area contributed by atoms with Gasteiger partial charge in [-0.3, -0.25) is 0 Å². The monoisotopic (exact) mass is 393 g/mol. The normalized spacial score (nSPS) is 10.6. The summed E-state index contributed by atoms with van der Waals surface area (Å²) in [5.74, 6) is 0.666. The maximum Gasteiger partial charge on any atom is 0.233 e. The Bertz CT molecular complexity index is 858. The van der Waals surface area contributed by atoms with E-state index in [9.17, 15) is 0 Å². The zero-order chi connectivity index (χ0) is 18.0. The maximum atomic E-state index is 6.03. The van der Waals surface area contributed by atoms with E-state index in [1.54, 1.807) is 12.1 Å². The summed E-state index contributed by atoms with van der Waals surface area (Å²) in [7, 11) is 0. The lowest BCUT2D eigenvalue weighted by molar-refractivity contribution is 1.06. The molecule has 3 aromatic rings. The summed E-state index contributed by atoms with van der Waals surface area (Å²) in [4.78, 5) is 12.6. The molecule has 1 aromatic heterocycles. The molecule has 0 saturated heterocycles. The summed E-state index contributed by atoms with van der Waals surface area (Å²) in [5, 5.41) is 7.66. The van der Waals surface area contributed by atoms with Crippen LogP contribution in [0.25, 0.3) is 0 Å². The Morgan fingerprint density at radius 1 is 0.680 bits per heavy atom. The first-order valence-corrected chi connectivity index (χ1v) is 8.52. The zero-order valence-corrected chi connectivity index (χ0v) is 15.7. The van der Waals surface area contributed by atoms with E-state index in [2.05, 4.69) is 25.6 Å². The predicted molar refractivity (Wildman–Crippen MR) is 104 cm³/mol. The molecule has 5 nitrogen and oxygen atoms in total. The van der Waals surface area contributed by atoms with Gasteiger partial charge in [-0.05, 0) is 73.0 Å². The number of aromatic nitrogens is 3. The first-order valence-electron chi connectivity index (χ1n) is 7.38. The van der Waals surface area contributed by atoms with Crippen molar-refractivity contribution in [2.75, 3.05) is 10.6 Å². The highest BCUT2D eigenvalue weighted by Crippen LogP contribution is 2.25. The Labute approximate surface area is 160 Å². The lowest BCUT2D eigenvalue weighted by Crippen LogP contribution is -2.05. The fourth-order valence-corrected chi connectivity index (χ4v) is 2.85. The van der Waals surface area contributed by atoms with Crippen molar-refractivity contribution in [2.24, 2.45) is 0 Å². The molecule has 0 aliphatic rings. The van der Waals surface area contributed by atoms with Crippen molar-refractivity contribution in [3.8, 4) is 0 Å². The van der Waals surface area contributed by atoms with Gasteiger partial charge in [0.15, 0.2) is 0 Å². The minimum Gasteiger partial charge on any atom is -0.324 e. The van der Waals surface area contributed by atoms with Crippen molar-refractivity contribution in [3.63, 3.8) is 0 Å². The van der Waals surface area contributed by atoms with Gasteiger partial charge < -0.3 is 10.6 Å². The molecule has 0 aliphatic carbocycles. The van der Waals surface area contributed by atoms with Crippen LogP contribution >= 0.6 is 34.8 Å². The van der Waals surface area contributed by atoms with Crippen LogP contribution in [-0.2, 0) is 0 Å². The van der Waals surface area contributed by atoms with E-state index in [0.717, 1.165) is 22.5 Å². The van der Waals surface area contributed by atoms with E-state index in [1.165, 1.54) is 0 Å².